The van der Waals surface area contributed by atoms with Crippen LogP contribution < -0.4 is 5.32 Å². The molecule has 3 aromatic rings. The molecule has 4 nitrogen and oxygen atoms in total. The van der Waals surface area contributed by atoms with Crippen molar-refractivity contribution in [1.29, 1.82) is 0 Å². The van der Waals surface area contributed by atoms with Gasteiger partial charge in [0.2, 0.25) is 11.8 Å². The van der Waals surface area contributed by atoms with Crippen molar-refractivity contribution in [3.05, 3.63) is 105 Å². The van der Waals surface area contributed by atoms with E-state index in [1.165, 1.54) is 11.8 Å². The van der Waals surface area contributed by atoms with Crippen LogP contribution in [-0.4, -0.2) is 34.6 Å². The number of carbonyl (C=O) groups excluding carboxylic acids is 2. The first-order valence-electron chi connectivity index (χ1n) is 11.9. The molecule has 3 rings (SSSR count). The number of halogens is 2. The SMILES string of the molecule is Cc1ccccc1CN(C(=O)CSCc1ccc(Cl)c(Cl)c1)[C@H](Cc1ccccc1)C(=O)NC(C)C. The normalized spacial score (nSPS) is 11.8. The van der Waals surface area contributed by atoms with E-state index in [2.05, 4.69) is 5.32 Å². The molecule has 0 saturated carbocycles. The minimum Gasteiger partial charge on any atom is -0.352 e. The van der Waals surface area contributed by atoms with Crippen molar-refractivity contribution in [2.24, 2.45) is 0 Å². The second-order valence-electron chi connectivity index (χ2n) is 9.06. The van der Waals surface area contributed by atoms with Gasteiger partial charge in [-0.3, -0.25) is 9.59 Å². The van der Waals surface area contributed by atoms with Crippen LogP contribution >= 0.6 is 35.0 Å². The summed E-state index contributed by atoms with van der Waals surface area (Å²) >= 11 is 13.7. The van der Waals surface area contributed by atoms with Crippen LogP contribution in [0.25, 0.3) is 0 Å². The number of nitrogens with zero attached hydrogens (tertiary/aromatic N) is 1. The maximum absolute atomic E-state index is 13.7. The second-order valence-corrected chi connectivity index (χ2v) is 10.9. The van der Waals surface area contributed by atoms with Crippen molar-refractivity contribution in [2.75, 3.05) is 5.75 Å². The number of carbonyl (C=O) groups is 2. The van der Waals surface area contributed by atoms with Gasteiger partial charge in [0, 0.05) is 24.8 Å². The van der Waals surface area contributed by atoms with E-state index in [1.54, 1.807) is 11.0 Å². The second kappa shape index (κ2) is 13.7. The summed E-state index contributed by atoms with van der Waals surface area (Å²) in [4.78, 5) is 28.8. The van der Waals surface area contributed by atoms with E-state index in [0.29, 0.717) is 28.8 Å². The first kappa shape index (κ1) is 28.1. The topological polar surface area (TPSA) is 49.4 Å². The van der Waals surface area contributed by atoms with Crippen LogP contribution in [0.3, 0.4) is 0 Å². The zero-order valence-corrected chi connectivity index (χ0v) is 23.2. The highest BCUT2D eigenvalue weighted by Gasteiger charge is 2.30. The Balaban J connectivity index is 1.85. The lowest BCUT2D eigenvalue weighted by molar-refractivity contribution is -0.139. The Morgan fingerprint density at radius 1 is 0.917 bits per heavy atom. The number of hydrogen-bond donors (Lipinski definition) is 1. The molecule has 0 fully saturated rings. The monoisotopic (exact) mass is 542 g/mol. The van der Waals surface area contributed by atoms with Gasteiger partial charge in [0.05, 0.1) is 15.8 Å². The molecule has 1 N–H and O–H groups in total. The van der Waals surface area contributed by atoms with Crippen molar-refractivity contribution in [3.63, 3.8) is 0 Å². The molecule has 0 unspecified atom stereocenters. The molecular formula is C29H32Cl2N2O2S. The molecule has 190 valence electrons. The fraction of sp³-hybridized carbons (Fsp3) is 0.310. The summed E-state index contributed by atoms with van der Waals surface area (Å²) in [7, 11) is 0. The zero-order valence-electron chi connectivity index (χ0n) is 20.8. The summed E-state index contributed by atoms with van der Waals surface area (Å²) in [6.45, 7) is 6.25. The van der Waals surface area contributed by atoms with Crippen LogP contribution in [0.4, 0.5) is 0 Å². The summed E-state index contributed by atoms with van der Waals surface area (Å²) < 4.78 is 0. The minimum atomic E-state index is -0.632. The van der Waals surface area contributed by atoms with Gasteiger partial charge >= 0.3 is 0 Å². The summed E-state index contributed by atoms with van der Waals surface area (Å²) in [5, 5.41) is 4.03. The molecule has 0 bridgehead atoms. The highest BCUT2D eigenvalue weighted by atomic mass is 35.5. The van der Waals surface area contributed by atoms with Gasteiger partial charge in [-0.1, -0.05) is 83.9 Å². The summed E-state index contributed by atoms with van der Waals surface area (Å²) in [6.07, 6.45) is 0.439. The maximum atomic E-state index is 13.7. The Bertz CT molecular complexity index is 1170. The number of thioether (sulfide) groups is 1. The van der Waals surface area contributed by atoms with E-state index >= 15 is 0 Å². The van der Waals surface area contributed by atoms with Gasteiger partial charge in [-0.2, -0.15) is 0 Å². The molecule has 0 aliphatic carbocycles. The number of hydrogen-bond acceptors (Lipinski definition) is 3. The number of rotatable bonds is 11. The summed E-state index contributed by atoms with van der Waals surface area (Å²) in [6, 6.07) is 22.6. The molecule has 0 spiro atoms. The minimum absolute atomic E-state index is 0.0322. The summed E-state index contributed by atoms with van der Waals surface area (Å²) in [5.41, 5.74) is 4.11. The molecule has 0 radical (unpaired) electrons. The first-order valence-corrected chi connectivity index (χ1v) is 13.9. The van der Waals surface area contributed by atoms with Crippen molar-refractivity contribution in [1.82, 2.24) is 10.2 Å². The fourth-order valence-corrected chi connectivity index (χ4v) is 5.05. The van der Waals surface area contributed by atoms with E-state index in [9.17, 15) is 9.59 Å². The van der Waals surface area contributed by atoms with Crippen LogP contribution in [0.2, 0.25) is 10.0 Å². The molecule has 2 amide bonds. The van der Waals surface area contributed by atoms with Crippen molar-refractivity contribution < 1.29 is 9.59 Å². The van der Waals surface area contributed by atoms with Crippen LogP contribution in [0.15, 0.2) is 72.8 Å². The number of benzene rings is 3. The van der Waals surface area contributed by atoms with E-state index in [4.69, 9.17) is 23.2 Å². The number of amides is 2. The quantitative estimate of drug-likeness (QED) is 0.293. The smallest absolute Gasteiger partial charge is 0.243 e. The zero-order chi connectivity index (χ0) is 26.1. The van der Waals surface area contributed by atoms with Gasteiger partial charge in [-0.25, -0.2) is 0 Å². The molecule has 1 atom stereocenters. The molecule has 36 heavy (non-hydrogen) atoms. The molecule has 3 aromatic carbocycles. The number of aryl methyl sites for hydroxylation is 1. The van der Waals surface area contributed by atoms with E-state index in [-0.39, 0.29) is 23.6 Å². The molecule has 7 heteroatoms. The lowest BCUT2D eigenvalue weighted by Gasteiger charge is -2.32. The van der Waals surface area contributed by atoms with Gasteiger partial charge in [0.1, 0.15) is 6.04 Å². The Kier molecular flexibility index (Phi) is 10.7. The van der Waals surface area contributed by atoms with Crippen molar-refractivity contribution in [2.45, 2.75) is 51.6 Å². The Morgan fingerprint density at radius 3 is 2.28 bits per heavy atom. The van der Waals surface area contributed by atoms with Gasteiger partial charge in [-0.15, -0.1) is 11.8 Å². The molecule has 0 aliphatic rings. The summed E-state index contributed by atoms with van der Waals surface area (Å²) in [5.74, 6) is 0.628. The predicted octanol–water partition coefficient (Wildman–Crippen LogP) is 6.70. The van der Waals surface area contributed by atoms with Gasteiger partial charge in [-0.05, 0) is 55.2 Å². The largest absolute Gasteiger partial charge is 0.352 e. The van der Waals surface area contributed by atoms with Crippen LogP contribution in [0.5, 0.6) is 0 Å². The maximum Gasteiger partial charge on any atom is 0.243 e. The van der Waals surface area contributed by atoms with Crippen LogP contribution in [-0.2, 0) is 28.3 Å². The predicted molar refractivity (Wildman–Crippen MR) is 152 cm³/mol. The van der Waals surface area contributed by atoms with Crippen molar-refractivity contribution in [3.8, 4) is 0 Å². The van der Waals surface area contributed by atoms with Crippen molar-refractivity contribution >= 4 is 46.8 Å². The molecule has 0 saturated heterocycles. The number of nitrogens with one attached hydrogen (secondary N) is 1. The average Bonchev–Trinajstić information content (AvgIpc) is 2.84. The third-order valence-electron chi connectivity index (χ3n) is 5.78. The Labute approximate surface area is 228 Å². The molecule has 0 aromatic heterocycles. The van der Waals surface area contributed by atoms with Gasteiger partial charge in [0.25, 0.3) is 0 Å². The molecule has 0 heterocycles. The third-order valence-corrected chi connectivity index (χ3v) is 7.51. The third kappa shape index (κ3) is 8.29. The molecule has 0 aliphatic heterocycles. The Hall–Kier alpha value is -2.47. The molecular weight excluding hydrogens is 511 g/mol. The van der Waals surface area contributed by atoms with Crippen LogP contribution in [0.1, 0.15) is 36.1 Å². The van der Waals surface area contributed by atoms with E-state index in [1.807, 2.05) is 87.5 Å². The average molecular weight is 544 g/mol. The standard InChI is InChI=1S/C29H32Cl2N2O2S/c1-20(2)32-29(35)27(16-22-10-5-4-6-11-22)33(17-24-12-8-7-9-21(24)3)28(34)19-36-18-23-13-14-25(30)26(31)15-23/h4-15,20,27H,16-19H2,1-3H3,(H,32,35)/t27-/m1/s1. The highest BCUT2D eigenvalue weighted by Crippen LogP contribution is 2.25. The lowest BCUT2D eigenvalue weighted by Crippen LogP contribution is -2.52. The fourth-order valence-electron chi connectivity index (χ4n) is 3.87. The van der Waals surface area contributed by atoms with Crippen LogP contribution in [0, 0.1) is 6.92 Å². The first-order chi connectivity index (χ1) is 17.2. The van der Waals surface area contributed by atoms with E-state index in [0.717, 1.165) is 22.3 Å². The highest BCUT2D eigenvalue weighted by molar-refractivity contribution is 7.99. The van der Waals surface area contributed by atoms with Gasteiger partial charge < -0.3 is 10.2 Å². The van der Waals surface area contributed by atoms with Gasteiger partial charge in [0.15, 0.2) is 0 Å². The van der Waals surface area contributed by atoms with E-state index < -0.39 is 6.04 Å². The Morgan fingerprint density at radius 2 is 1.61 bits per heavy atom. The lowest BCUT2D eigenvalue weighted by atomic mass is 10.0.